The van der Waals surface area contributed by atoms with Crippen molar-refractivity contribution in [2.24, 2.45) is 11.8 Å². The molecular weight excluding hydrogens is 236 g/mol. The number of rotatable bonds is 3. The zero-order valence-electron chi connectivity index (χ0n) is 11.9. The molecule has 1 aromatic carbocycles. The van der Waals surface area contributed by atoms with Gasteiger partial charge in [-0.1, -0.05) is 30.7 Å². The number of nitrogens with zero attached hydrogens (tertiary/aromatic N) is 1. The Balaban J connectivity index is 1.85. The van der Waals surface area contributed by atoms with E-state index in [1.165, 1.54) is 23.1 Å². The van der Waals surface area contributed by atoms with Gasteiger partial charge in [-0.25, -0.2) is 0 Å². The summed E-state index contributed by atoms with van der Waals surface area (Å²) in [5.74, 6) is 1.73. The van der Waals surface area contributed by atoms with E-state index >= 15 is 0 Å². The minimum atomic E-state index is 0.0696. The number of benzene rings is 1. The lowest BCUT2D eigenvalue weighted by Crippen LogP contribution is -2.32. The van der Waals surface area contributed by atoms with Crippen molar-refractivity contribution in [1.82, 2.24) is 10.2 Å². The van der Waals surface area contributed by atoms with E-state index in [1.54, 1.807) is 0 Å². The molecule has 0 bridgehead atoms. The second kappa shape index (κ2) is 4.64. The first kappa shape index (κ1) is 12.7. The molecule has 1 aliphatic heterocycles. The Labute approximate surface area is 115 Å². The van der Waals surface area contributed by atoms with E-state index in [4.69, 9.17) is 0 Å². The highest BCUT2D eigenvalue weighted by Gasteiger charge is 2.40. The molecule has 0 radical (unpaired) electrons. The maximum Gasteiger partial charge on any atom is 0.238 e. The van der Waals surface area contributed by atoms with Gasteiger partial charge in [0.05, 0.1) is 6.54 Å². The van der Waals surface area contributed by atoms with E-state index < -0.39 is 0 Å². The Kier molecular flexibility index (Phi) is 3.09. The molecule has 1 aromatic rings. The zero-order chi connectivity index (χ0) is 13.6. The van der Waals surface area contributed by atoms with Gasteiger partial charge in [0.1, 0.15) is 6.17 Å². The van der Waals surface area contributed by atoms with Gasteiger partial charge in [0.15, 0.2) is 0 Å². The van der Waals surface area contributed by atoms with Crippen LogP contribution >= 0.6 is 0 Å². The van der Waals surface area contributed by atoms with Crippen LogP contribution in [0.4, 0.5) is 0 Å². The second-order valence-corrected chi connectivity index (χ2v) is 6.16. The predicted molar refractivity (Wildman–Crippen MR) is 75.6 cm³/mol. The number of amides is 1. The normalized spacial score (nSPS) is 29.9. The van der Waals surface area contributed by atoms with Gasteiger partial charge < -0.3 is 4.90 Å². The molecule has 1 N–H and O–H groups in total. The summed E-state index contributed by atoms with van der Waals surface area (Å²) in [5, 5.41) is 3.37. The summed E-state index contributed by atoms with van der Waals surface area (Å²) < 4.78 is 0. The molecule has 3 atom stereocenters. The zero-order valence-corrected chi connectivity index (χ0v) is 11.9. The minimum Gasteiger partial charge on any atom is -0.322 e. The monoisotopic (exact) mass is 258 g/mol. The first-order valence-electron chi connectivity index (χ1n) is 7.16. The van der Waals surface area contributed by atoms with E-state index in [1.807, 2.05) is 4.90 Å². The van der Waals surface area contributed by atoms with Gasteiger partial charge in [0.25, 0.3) is 0 Å². The minimum absolute atomic E-state index is 0.0696. The van der Waals surface area contributed by atoms with Crippen molar-refractivity contribution < 1.29 is 4.79 Å². The van der Waals surface area contributed by atoms with Gasteiger partial charge in [-0.05, 0) is 43.2 Å². The maximum atomic E-state index is 12.1. The fourth-order valence-electron chi connectivity index (χ4n) is 2.99. The Morgan fingerprint density at radius 3 is 2.79 bits per heavy atom. The first-order valence-corrected chi connectivity index (χ1v) is 7.16. The first-order chi connectivity index (χ1) is 9.06. The molecule has 0 aromatic heterocycles. The van der Waals surface area contributed by atoms with E-state index in [0.29, 0.717) is 12.5 Å². The summed E-state index contributed by atoms with van der Waals surface area (Å²) in [6.45, 7) is 7.87. The van der Waals surface area contributed by atoms with Crippen molar-refractivity contribution in [2.75, 3.05) is 13.1 Å². The second-order valence-electron chi connectivity index (χ2n) is 6.16. The Bertz CT molecular complexity index is 511. The standard InChI is InChI=1S/C16H22N2O/c1-10-4-5-11(2)14(6-10)16-17-8-15(19)18(16)9-13-7-12(13)3/h4-6,12-13,16-17H,7-9H2,1-3H3. The molecule has 3 unspecified atom stereocenters. The maximum absolute atomic E-state index is 12.1. The lowest BCUT2D eigenvalue weighted by Gasteiger charge is -2.26. The Morgan fingerprint density at radius 2 is 2.11 bits per heavy atom. The molecule has 19 heavy (non-hydrogen) atoms. The molecule has 3 nitrogen and oxygen atoms in total. The van der Waals surface area contributed by atoms with E-state index in [0.717, 1.165) is 12.5 Å². The molecule has 0 spiro atoms. The van der Waals surface area contributed by atoms with Gasteiger partial charge in [-0.2, -0.15) is 0 Å². The number of carbonyl (C=O) groups is 1. The molecule has 3 heteroatoms. The van der Waals surface area contributed by atoms with Gasteiger partial charge in [0.2, 0.25) is 5.91 Å². The summed E-state index contributed by atoms with van der Waals surface area (Å²) in [4.78, 5) is 14.1. The van der Waals surface area contributed by atoms with Crippen molar-refractivity contribution in [2.45, 2.75) is 33.4 Å². The lowest BCUT2D eigenvalue weighted by atomic mass is 10.0. The van der Waals surface area contributed by atoms with Crippen LogP contribution in [0.3, 0.4) is 0 Å². The van der Waals surface area contributed by atoms with E-state index in [2.05, 4.69) is 44.3 Å². The summed E-state index contributed by atoms with van der Waals surface area (Å²) in [5.41, 5.74) is 3.76. The van der Waals surface area contributed by atoms with Crippen LogP contribution in [0.1, 0.15) is 36.2 Å². The van der Waals surface area contributed by atoms with Gasteiger partial charge in [-0.3, -0.25) is 10.1 Å². The highest BCUT2D eigenvalue weighted by atomic mass is 16.2. The van der Waals surface area contributed by atoms with Crippen LogP contribution in [0.5, 0.6) is 0 Å². The summed E-state index contributed by atoms with van der Waals surface area (Å²) in [7, 11) is 0. The molecule has 102 valence electrons. The molecule has 1 aliphatic carbocycles. The fourth-order valence-corrected chi connectivity index (χ4v) is 2.99. The van der Waals surface area contributed by atoms with Crippen molar-refractivity contribution in [1.29, 1.82) is 0 Å². The Hall–Kier alpha value is -1.35. The van der Waals surface area contributed by atoms with Crippen LogP contribution in [-0.2, 0) is 4.79 Å². The van der Waals surface area contributed by atoms with Crippen molar-refractivity contribution >= 4 is 5.91 Å². The highest BCUT2D eigenvalue weighted by Crippen LogP contribution is 2.40. The number of carbonyl (C=O) groups excluding carboxylic acids is 1. The van der Waals surface area contributed by atoms with Crippen LogP contribution < -0.4 is 5.32 Å². The number of aryl methyl sites for hydroxylation is 2. The molecule has 1 saturated carbocycles. The van der Waals surface area contributed by atoms with Crippen LogP contribution in [0.15, 0.2) is 18.2 Å². The molecule has 1 amide bonds. The smallest absolute Gasteiger partial charge is 0.238 e. The third-order valence-electron chi connectivity index (χ3n) is 4.52. The number of nitrogens with one attached hydrogen (secondary N) is 1. The van der Waals surface area contributed by atoms with E-state index in [-0.39, 0.29) is 12.1 Å². The van der Waals surface area contributed by atoms with Crippen LogP contribution in [0.25, 0.3) is 0 Å². The van der Waals surface area contributed by atoms with Crippen LogP contribution in [0.2, 0.25) is 0 Å². The fraction of sp³-hybridized carbons (Fsp3) is 0.562. The SMILES string of the molecule is Cc1ccc(C)c(C2NCC(=O)N2CC2CC2C)c1. The molecular formula is C16H22N2O. The topological polar surface area (TPSA) is 32.3 Å². The van der Waals surface area contributed by atoms with Gasteiger partial charge >= 0.3 is 0 Å². The molecule has 1 saturated heterocycles. The molecule has 2 fully saturated rings. The van der Waals surface area contributed by atoms with Crippen LogP contribution in [-0.4, -0.2) is 23.9 Å². The third-order valence-corrected chi connectivity index (χ3v) is 4.52. The third kappa shape index (κ3) is 2.39. The van der Waals surface area contributed by atoms with Crippen molar-refractivity contribution in [3.05, 3.63) is 34.9 Å². The van der Waals surface area contributed by atoms with Crippen LogP contribution in [0, 0.1) is 25.7 Å². The summed E-state index contributed by atoms with van der Waals surface area (Å²) in [6.07, 6.45) is 1.34. The summed E-state index contributed by atoms with van der Waals surface area (Å²) >= 11 is 0. The van der Waals surface area contributed by atoms with Gasteiger partial charge in [-0.15, -0.1) is 0 Å². The van der Waals surface area contributed by atoms with Gasteiger partial charge in [0, 0.05) is 6.54 Å². The Morgan fingerprint density at radius 1 is 1.37 bits per heavy atom. The highest BCUT2D eigenvalue weighted by molar-refractivity contribution is 5.81. The predicted octanol–water partition coefficient (Wildman–Crippen LogP) is 2.39. The van der Waals surface area contributed by atoms with Crippen molar-refractivity contribution in [3.63, 3.8) is 0 Å². The molecule has 3 rings (SSSR count). The van der Waals surface area contributed by atoms with E-state index in [9.17, 15) is 4.79 Å². The quantitative estimate of drug-likeness (QED) is 0.903. The average molecular weight is 258 g/mol. The van der Waals surface area contributed by atoms with Crippen molar-refractivity contribution in [3.8, 4) is 0 Å². The number of hydrogen-bond donors (Lipinski definition) is 1. The summed E-state index contributed by atoms with van der Waals surface area (Å²) in [6, 6.07) is 6.48. The average Bonchev–Trinajstić information content (AvgIpc) is 2.95. The lowest BCUT2D eigenvalue weighted by molar-refractivity contribution is -0.128. The number of hydrogen-bond acceptors (Lipinski definition) is 2. The largest absolute Gasteiger partial charge is 0.322 e. The molecule has 2 aliphatic rings. The molecule has 1 heterocycles.